The summed E-state index contributed by atoms with van der Waals surface area (Å²) in [7, 11) is 0. The largest absolute Gasteiger partial charge is 0.480 e. The van der Waals surface area contributed by atoms with Gasteiger partial charge in [0, 0.05) is 11.3 Å². The summed E-state index contributed by atoms with van der Waals surface area (Å²) in [5.74, 6) is 0.459. The molecule has 2 N–H and O–H groups in total. The molecule has 0 heterocycles. The van der Waals surface area contributed by atoms with Crippen LogP contribution in [0.4, 0.5) is 0 Å². The van der Waals surface area contributed by atoms with E-state index in [2.05, 4.69) is 12.2 Å². The Labute approximate surface area is 124 Å². The molecule has 1 aromatic rings. The number of carboxylic acids is 1. The van der Waals surface area contributed by atoms with Gasteiger partial charge in [-0.25, -0.2) is 4.79 Å². The van der Waals surface area contributed by atoms with Gasteiger partial charge in [-0.2, -0.15) is 11.8 Å². The first-order valence-corrected chi connectivity index (χ1v) is 7.81. The smallest absolute Gasteiger partial charge is 0.326 e. The average Bonchev–Trinajstić information content (AvgIpc) is 2.42. The minimum Gasteiger partial charge on any atom is -0.480 e. The number of aliphatic carboxylic acids is 1. The van der Waals surface area contributed by atoms with E-state index in [0.29, 0.717) is 5.56 Å². The number of thioether (sulfide) groups is 1. The molecule has 1 atom stereocenters. The van der Waals surface area contributed by atoms with Crippen LogP contribution >= 0.6 is 11.8 Å². The van der Waals surface area contributed by atoms with Gasteiger partial charge < -0.3 is 10.4 Å². The van der Waals surface area contributed by atoms with E-state index in [1.165, 1.54) is 0 Å². The van der Waals surface area contributed by atoms with Crippen molar-refractivity contribution < 1.29 is 14.7 Å². The Hall–Kier alpha value is -1.49. The molecule has 110 valence electrons. The summed E-state index contributed by atoms with van der Waals surface area (Å²) in [4.78, 5) is 23.1. The topological polar surface area (TPSA) is 66.4 Å². The molecule has 0 spiro atoms. The maximum atomic E-state index is 12.0. The summed E-state index contributed by atoms with van der Waals surface area (Å²) in [6, 6.07) is 6.42. The molecular weight excluding hydrogens is 274 g/mol. The van der Waals surface area contributed by atoms with E-state index in [1.54, 1.807) is 26.0 Å². The minimum atomic E-state index is -1.01. The number of benzene rings is 1. The molecule has 1 rings (SSSR count). The maximum absolute atomic E-state index is 12.0. The van der Waals surface area contributed by atoms with E-state index < -0.39 is 12.0 Å². The van der Waals surface area contributed by atoms with Crippen LogP contribution in [-0.4, -0.2) is 28.8 Å². The van der Waals surface area contributed by atoms with Crippen molar-refractivity contribution in [2.24, 2.45) is 5.92 Å². The van der Waals surface area contributed by atoms with E-state index in [0.717, 1.165) is 17.1 Å². The van der Waals surface area contributed by atoms with Crippen molar-refractivity contribution in [2.75, 3.05) is 5.75 Å². The summed E-state index contributed by atoms with van der Waals surface area (Å²) in [6.07, 6.45) is 0. The van der Waals surface area contributed by atoms with Crippen LogP contribution in [0.5, 0.6) is 0 Å². The SMILES string of the molecule is CCSCc1ccc(C(=O)NC(C(=O)O)C(C)C)cc1. The van der Waals surface area contributed by atoms with Crippen molar-refractivity contribution >= 4 is 23.6 Å². The summed E-state index contributed by atoms with van der Waals surface area (Å²) in [5, 5.41) is 11.6. The molecular formula is C15H21NO3S. The zero-order valence-corrected chi connectivity index (χ0v) is 12.9. The second-order valence-corrected chi connectivity index (χ2v) is 6.14. The van der Waals surface area contributed by atoms with Crippen molar-refractivity contribution in [1.82, 2.24) is 5.32 Å². The Morgan fingerprint density at radius 1 is 1.25 bits per heavy atom. The molecule has 0 aliphatic heterocycles. The molecule has 0 radical (unpaired) electrons. The molecule has 0 saturated carbocycles. The van der Waals surface area contributed by atoms with Gasteiger partial charge in [0.25, 0.3) is 5.91 Å². The maximum Gasteiger partial charge on any atom is 0.326 e. The molecule has 0 aromatic heterocycles. The predicted octanol–water partition coefficient (Wildman–Crippen LogP) is 2.78. The Kier molecular flexibility index (Phi) is 6.58. The van der Waals surface area contributed by atoms with Crippen molar-refractivity contribution in [3.63, 3.8) is 0 Å². The lowest BCUT2D eigenvalue weighted by atomic mass is 10.0. The third-order valence-corrected chi connectivity index (χ3v) is 3.85. The fraction of sp³-hybridized carbons (Fsp3) is 0.467. The molecule has 0 aliphatic carbocycles. The van der Waals surface area contributed by atoms with E-state index in [9.17, 15) is 9.59 Å². The van der Waals surface area contributed by atoms with Gasteiger partial charge in [0.2, 0.25) is 0 Å². The number of carboxylic acid groups (broad SMARTS) is 1. The number of carbonyl (C=O) groups excluding carboxylic acids is 1. The fourth-order valence-corrected chi connectivity index (χ4v) is 2.34. The molecule has 1 aromatic carbocycles. The van der Waals surface area contributed by atoms with Gasteiger partial charge in [0.1, 0.15) is 6.04 Å². The fourth-order valence-electron chi connectivity index (χ4n) is 1.71. The van der Waals surface area contributed by atoms with Crippen molar-refractivity contribution in [3.05, 3.63) is 35.4 Å². The third kappa shape index (κ3) is 4.89. The highest BCUT2D eigenvalue weighted by atomic mass is 32.2. The molecule has 0 aliphatic rings. The van der Waals surface area contributed by atoms with Crippen LogP contribution in [0.25, 0.3) is 0 Å². The number of hydrogen-bond donors (Lipinski definition) is 2. The molecule has 5 heteroatoms. The van der Waals surface area contributed by atoms with Crippen molar-refractivity contribution in [2.45, 2.75) is 32.6 Å². The van der Waals surface area contributed by atoms with Gasteiger partial charge in [-0.05, 0) is 29.4 Å². The van der Waals surface area contributed by atoms with Crippen LogP contribution in [0.2, 0.25) is 0 Å². The minimum absolute atomic E-state index is 0.156. The van der Waals surface area contributed by atoms with E-state index in [4.69, 9.17) is 5.11 Å². The van der Waals surface area contributed by atoms with E-state index in [-0.39, 0.29) is 11.8 Å². The highest BCUT2D eigenvalue weighted by Crippen LogP contribution is 2.13. The quantitative estimate of drug-likeness (QED) is 0.811. The van der Waals surface area contributed by atoms with Gasteiger partial charge in [0.05, 0.1) is 0 Å². The Bertz CT molecular complexity index is 457. The van der Waals surface area contributed by atoms with Crippen LogP contribution in [0.3, 0.4) is 0 Å². The number of nitrogens with one attached hydrogen (secondary N) is 1. The van der Waals surface area contributed by atoms with Gasteiger partial charge >= 0.3 is 5.97 Å². The zero-order valence-electron chi connectivity index (χ0n) is 12.1. The summed E-state index contributed by atoms with van der Waals surface area (Å²) >= 11 is 1.82. The highest BCUT2D eigenvalue weighted by molar-refractivity contribution is 7.98. The first-order chi connectivity index (χ1) is 9.45. The number of rotatable bonds is 7. The van der Waals surface area contributed by atoms with Crippen LogP contribution in [0.1, 0.15) is 36.7 Å². The lowest BCUT2D eigenvalue weighted by molar-refractivity contribution is -0.140. The van der Waals surface area contributed by atoms with E-state index in [1.807, 2.05) is 23.9 Å². The van der Waals surface area contributed by atoms with Crippen LogP contribution in [0.15, 0.2) is 24.3 Å². The van der Waals surface area contributed by atoms with Crippen LogP contribution in [-0.2, 0) is 10.5 Å². The molecule has 1 unspecified atom stereocenters. The molecule has 1 amide bonds. The highest BCUT2D eigenvalue weighted by Gasteiger charge is 2.23. The summed E-state index contributed by atoms with van der Waals surface area (Å²) < 4.78 is 0. The first-order valence-electron chi connectivity index (χ1n) is 6.66. The second-order valence-electron chi connectivity index (χ2n) is 4.87. The predicted molar refractivity (Wildman–Crippen MR) is 82.0 cm³/mol. The van der Waals surface area contributed by atoms with Gasteiger partial charge in [-0.15, -0.1) is 0 Å². The molecule has 4 nitrogen and oxygen atoms in total. The van der Waals surface area contributed by atoms with Gasteiger partial charge in [-0.1, -0.05) is 32.9 Å². The Balaban J connectivity index is 2.69. The Morgan fingerprint density at radius 3 is 2.30 bits per heavy atom. The lowest BCUT2D eigenvalue weighted by Crippen LogP contribution is -2.44. The van der Waals surface area contributed by atoms with Crippen molar-refractivity contribution in [1.29, 1.82) is 0 Å². The Morgan fingerprint density at radius 2 is 1.85 bits per heavy atom. The number of carbonyl (C=O) groups is 2. The molecule has 0 fully saturated rings. The summed E-state index contributed by atoms with van der Waals surface area (Å²) in [5.41, 5.74) is 1.65. The third-order valence-electron chi connectivity index (χ3n) is 2.91. The average molecular weight is 295 g/mol. The monoisotopic (exact) mass is 295 g/mol. The normalized spacial score (nSPS) is 12.2. The van der Waals surface area contributed by atoms with Crippen LogP contribution < -0.4 is 5.32 Å². The molecule has 0 saturated heterocycles. The summed E-state index contributed by atoms with van der Waals surface area (Å²) in [6.45, 7) is 5.64. The molecule has 20 heavy (non-hydrogen) atoms. The molecule has 0 bridgehead atoms. The number of amides is 1. The second kappa shape index (κ2) is 7.94. The van der Waals surface area contributed by atoms with Gasteiger partial charge in [-0.3, -0.25) is 4.79 Å². The van der Waals surface area contributed by atoms with Crippen LogP contribution in [0, 0.1) is 5.92 Å². The zero-order chi connectivity index (χ0) is 15.1. The lowest BCUT2D eigenvalue weighted by Gasteiger charge is -2.17. The van der Waals surface area contributed by atoms with Crippen molar-refractivity contribution in [3.8, 4) is 0 Å². The number of hydrogen-bond acceptors (Lipinski definition) is 3. The van der Waals surface area contributed by atoms with E-state index >= 15 is 0 Å². The van der Waals surface area contributed by atoms with Gasteiger partial charge in [0.15, 0.2) is 0 Å². The first kappa shape index (κ1) is 16.6. The standard InChI is InChI=1S/C15H21NO3S/c1-4-20-9-11-5-7-12(8-6-11)14(17)16-13(10(2)3)15(18)19/h5-8,10,13H,4,9H2,1-3H3,(H,16,17)(H,18,19).